The van der Waals surface area contributed by atoms with Crippen LogP contribution in [0.2, 0.25) is 0 Å². The van der Waals surface area contributed by atoms with Crippen molar-refractivity contribution in [2.45, 2.75) is 20.0 Å². The van der Waals surface area contributed by atoms with Crippen LogP contribution in [0.15, 0.2) is 59.9 Å². The molecule has 0 amide bonds. The first kappa shape index (κ1) is 22.7. The maximum atomic E-state index is 14.5. The molecule has 6 nitrogen and oxygen atoms in total. The molecule has 3 aromatic rings. The number of guanidine groups is 1. The fraction of sp³-hybridized carbons (Fsp3) is 0.238. The van der Waals surface area contributed by atoms with Gasteiger partial charge in [-0.1, -0.05) is 18.2 Å². The van der Waals surface area contributed by atoms with Gasteiger partial charge < -0.3 is 19.9 Å². The van der Waals surface area contributed by atoms with E-state index in [-0.39, 0.29) is 29.8 Å². The summed E-state index contributed by atoms with van der Waals surface area (Å²) in [7, 11) is 3.35. The minimum atomic E-state index is -0.290. The number of benzene rings is 2. The number of imidazole rings is 1. The molecule has 154 valence electrons. The SMILES string of the molecule is CN=C(NCc1ccc(OC)cc1)NCc1ccc(-n2ccnc2C)c(F)c1.I. The van der Waals surface area contributed by atoms with Gasteiger partial charge >= 0.3 is 0 Å². The van der Waals surface area contributed by atoms with Gasteiger partial charge in [0.05, 0.1) is 12.8 Å². The minimum absolute atomic E-state index is 0. The normalized spacial score (nSPS) is 11.0. The van der Waals surface area contributed by atoms with Gasteiger partial charge in [0.25, 0.3) is 0 Å². The van der Waals surface area contributed by atoms with E-state index in [1.54, 1.807) is 37.2 Å². The van der Waals surface area contributed by atoms with Crippen LogP contribution in [0.25, 0.3) is 5.69 Å². The lowest BCUT2D eigenvalue weighted by molar-refractivity contribution is 0.414. The predicted molar refractivity (Wildman–Crippen MR) is 124 cm³/mol. The number of aliphatic imine (C=N–C) groups is 1. The first-order valence-electron chi connectivity index (χ1n) is 8.97. The number of halogens is 2. The highest BCUT2D eigenvalue weighted by Crippen LogP contribution is 2.17. The summed E-state index contributed by atoms with van der Waals surface area (Å²) in [5, 5.41) is 6.44. The number of nitrogens with zero attached hydrogens (tertiary/aromatic N) is 3. The Morgan fingerprint density at radius 1 is 1.10 bits per heavy atom. The lowest BCUT2D eigenvalue weighted by atomic mass is 10.2. The topological polar surface area (TPSA) is 63.5 Å². The molecule has 0 bridgehead atoms. The van der Waals surface area contributed by atoms with Gasteiger partial charge in [0.1, 0.15) is 17.4 Å². The molecule has 2 N–H and O–H groups in total. The predicted octanol–water partition coefficient (Wildman–Crippen LogP) is 3.81. The molecule has 2 aromatic carbocycles. The molecule has 0 saturated carbocycles. The first-order chi connectivity index (χ1) is 13.6. The van der Waals surface area contributed by atoms with Gasteiger partial charge in [0.2, 0.25) is 0 Å². The zero-order valence-electron chi connectivity index (χ0n) is 16.6. The van der Waals surface area contributed by atoms with Crippen LogP contribution in [-0.4, -0.2) is 29.7 Å². The quantitative estimate of drug-likeness (QED) is 0.302. The van der Waals surface area contributed by atoms with Crippen molar-refractivity contribution in [3.63, 3.8) is 0 Å². The molecule has 8 heteroatoms. The van der Waals surface area contributed by atoms with E-state index in [0.29, 0.717) is 24.7 Å². The second kappa shape index (κ2) is 10.8. The molecule has 0 aliphatic heterocycles. The van der Waals surface area contributed by atoms with Crippen LogP contribution < -0.4 is 15.4 Å². The van der Waals surface area contributed by atoms with Crippen molar-refractivity contribution in [1.29, 1.82) is 0 Å². The summed E-state index contributed by atoms with van der Waals surface area (Å²) in [6, 6.07) is 13.0. The Kier molecular flexibility index (Phi) is 8.44. The third-order valence-electron chi connectivity index (χ3n) is 4.40. The summed E-state index contributed by atoms with van der Waals surface area (Å²) in [4.78, 5) is 8.34. The van der Waals surface area contributed by atoms with Gasteiger partial charge in [-0.05, 0) is 42.3 Å². The van der Waals surface area contributed by atoms with E-state index in [1.807, 2.05) is 37.3 Å². The highest BCUT2D eigenvalue weighted by Gasteiger charge is 2.08. The maximum absolute atomic E-state index is 14.5. The molecule has 0 unspecified atom stereocenters. The number of aromatic nitrogens is 2. The molecule has 1 aromatic heterocycles. The van der Waals surface area contributed by atoms with Crippen molar-refractivity contribution < 1.29 is 9.13 Å². The minimum Gasteiger partial charge on any atom is -0.497 e. The Balaban J connectivity index is 0.00000300. The molecule has 0 fully saturated rings. The van der Waals surface area contributed by atoms with E-state index in [1.165, 1.54) is 6.07 Å². The van der Waals surface area contributed by atoms with Crippen molar-refractivity contribution in [3.05, 3.63) is 77.6 Å². The molecule has 3 rings (SSSR count). The molecule has 0 spiro atoms. The molecule has 0 saturated heterocycles. The van der Waals surface area contributed by atoms with Gasteiger partial charge in [-0.15, -0.1) is 24.0 Å². The summed E-state index contributed by atoms with van der Waals surface area (Å²) in [6.45, 7) is 2.92. The lowest BCUT2D eigenvalue weighted by Crippen LogP contribution is -2.36. The molecule has 29 heavy (non-hydrogen) atoms. The van der Waals surface area contributed by atoms with E-state index in [0.717, 1.165) is 22.7 Å². The fourth-order valence-electron chi connectivity index (χ4n) is 2.82. The van der Waals surface area contributed by atoms with Crippen LogP contribution >= 0.6 is 24.0 Å². The summed E-state index contributed by atoms with van der Waals surface area (Å²) in [5.41, 5.74) is 2.42. The number of ether oxygens (including phenoxy) is 1. The van der Waals surface area contributed by atoms with E-state index in [4.69, 9.17) is 4.74 Å². The number of rotatable bonds is 6. The number of methoxy groups -OCH3 is 1. The molecular weight excluding hydrogens is 484 g/mol. The molecule has 0 atom stereocenters. The third-order valence-corrected chi connectivity index (χ3v) is 4.40. The number of nitrogens with one attached hydrogen (secondary N) is 2. The van der Waals surface area contributed by atoms with Gasteiger partial charge in [0.15, 0.2) is 5.96 Å². The maximum Gasteiger partial charge on any atom is 0.191 e. The number of hydrogen-bond acceptors (Lipinski definition) is 3. The van der Waals surface area contributed by atoms with Gasteiger partial charge in [-0.25, -0.2) is 9.37 Å². The summed E-state index contributed by atoms with van der Waals surface area (Å²) >= 11 is 0. The van der Waals surface area contributed by atoms with Crippen molar-refractivity contribution in [2.75, 3.05) is 14.2 Å². The smallest absolute Gasteiger partial charge is 0.191 e. The van der Waals surface area contributed by atoms with Gasteiger partial charge in [-0.2, -0.15) is 0 Å². The standard InChI is InChI=1S/C21H24FN5O.HI/c1-15-24-10-11-27(15)20-9-6-17(12-19(20)22)14-26-21(23-2)25-13-16-4-7-18(28-3)8-5-16;/h4-12H,13-14H2,1-3H3,(H2,23,25,26);1H. The monoisotopic (exact) mass is 509 g/mol. The van der Waals surface area contributed by atoms with Gasteiger partial charge in [0, 0.05) is 32.5 Å². The second-order valence-electron chi connectivity index (χ2n) is 6.26. The third kappa shape index (κ3) is 5.93. The zero-order chi connectivity index (χ0) is 19.9. The van der Waals surface area contributed by atoms with Crippen molar-refractivity contribution in [3.8, 4) is 11.4 Å². The fourth-order valence-corrected chi connectivity index (χ4v) is 2.82. The highest BCUT2D eigenvalue weighted by atomic mass is 127. The first-order valence-corrected chi connectivity index (χ1v) is 8.97. The van der Waals surface area contributed by atoms with E-state index in [9.17, 15) is 4.39 Å². The average Bonchev–Trinajstić information content (AvgIpc) is 3.14. The molecule has 0 aliphatic carbocycles. The van der Waals surface area contributed by atoms with Crippen molar-refractivity contribution in [1.82, 2.24) is 20.2 Å². The Bertz CT molecular complexity index is 956. The van der Waals surface area contributed by atoms with Crippen LogP contribution in [-0.2, 0) is 13.1 Å². The molecule has 0 radical (unpaired) electrons. The highest BCUT2D eigenvalue weighted by molar-refractivity contribution is 14.0. The molecular formula is C21H25FIN5O. The summed E-state index contributed by atoms with van der Waals surface area (Å²) < 4.78 is 21.4. The average molecular weight is 509 g/mol. The Morgan fingerprint density at radius 3 is 2.31 bits per heavy atom. The van der Waals surface area contributed by atoms with Gasteiger partial charge in [-0.3, -0.25) is 4.99 Å². The largest absolute Gasteiger partial charge is 0.497 e. The van der Waals surface area contributed by atoms with E-state index < -0.39 is 0 Å². The van der Waals surface area contributed by atoms with Crippen molar-refractivity contribution in [2.24, 2.45) is 4.99 Å². The summed E-state index contributed by atoms with van der Waals surface area (Å²) in [5.74, 6) is 1.92. The Hall–Kier alpha value is -2.62. The van der Waals surface area contributed by atoms with Crippen LogP contribution in [0.1, 0.15) is 17.0 Å². The zero-order valence-corrected chi connectivity index (χ0v) is 19.0. The Morgan fingerprint density at radius 2 is 1.76 bits per heavy atom. The van der Waals surface area contributed by atoms with E-state index in [2.05, 4.69) is 20.6 Å². The number of hydrogen-bond donors (Lipinski definition) is 2. The Labute approximate surface area is 187 Å². The molecule has 1 heterocycles. The molecule has 0 aliphatic rings. The lowest BCUT2D eigenvalue weighted by Gasteiger charge is -2.13. The van der Waals surface area contributed by atoms with Crippen LogP contribution in [0, 0.1) is 12.7 Å². The van der Waals surface area contributed by atoms with Crippen LogP contribution in [0.5, 0.6) is 5.75 Å². The number of aryl methyl sites for hydroxylation is 1. The van der Waals surface area contributed by atoms with Crippen LogP contribution in [0.3, 0.4) is 0 Å². The van der Waals surface area contributed by atoms with E-state index >= 15 is 0 Å². The summed E-state index contributed by atoms with van der Waals surface area (Å²) in [6.07, 6.45) is 3.40. The van der Waals surface area contributed by atoms with Crippen LogP contribution in [0.4, 0.5) is 4.39 Å². The van der Waals surface area contributed by atoms with Crippen molar-refractivity contribution >= 4 is 29.9 Å². The second-order valence-corrected chi connectivity index (χ2v) is 6.26.